The second-order valence-corrected chi connectivity index (χ2v) is 7.28. The molecule has 0 amide bonds. The van der Waals surface area contributed by atoms with Crippen molar-refractivity contribution in [1.29, 1.82) is 5.26 Å². The van der Waals surface area contributed by atoms with Crippen molar-refractivity contribution in [2.75, 3.05) is 27.2 Å². The summed E-state index contributed by atoms with van der Waals surface area (Å²) in [5, 5.41) is 13.4. The highest BCUT2D eigenvalue weighted by Gasteiger charge is 2.32. The number of benzene rings is 1. The molecule has 0 N–H and O–H groups in total. The van der Waals surface area contributed by atoms with Gasteiger partial charge in [-0.3, -0.25) is 9.58 Å². The highest BCUT2D eigenvalue weighted by atomic mass is 15.3. The Labute approximate surface area is 150 Å². The molecule has 1 aromatic heterocycles. The number of nitrogens with zero attached hydrogens (tertiary/aromatic N) is 5. The third-order valence-electron chi connectivity index (χ3n) is 5.13. The number of piperidine rings is 1. The van der Waals surface area contributed by atoms with Crippen molar-refractivity contribution >= 4 is 0 Å². The summed E-state index contributed by atoms with van der Waals surface area (Å²) in [4.78, 5) is 4.85. The van der Waals surface area contributed by atoms with Gasteiger partial charge in [-0.05, 0) is 57.1 Å². The van der Waals surface area contributed by atoms with E-state index >= 15 is 0 Å². The van der Waals surface area contributed by atoms with Crippen molar-refractivity contribution in [3.63, 3.8) is 0 Å². The first kappa shape index (κ1) is 17.7. The van der Waals surface area contributed by atoms with E-state index in [9.17, 15) is 0 Å². The summed E-state index contributed by atoms with van der Waals surface area (Å²) in [5.74, 6) is 0.590. The number of aryl methyl sites for hydroxylation is 1. The molecule has 1 aromatic carbocycles. The molecule has 25 heavy (non-hydrogen) atoms. The second-order valence-electron chi connectivity index (χ2n) is 7.28. The Morgan fingerprint density at radius 1 is 1.36 bits per heavy atom. The summed E-state index contributed by atoms with van der Waals surface area (Å²) >= 11 is 0. The summed E-state index contributed by atoms with van der Waals surface area (Å²) < 4.78 is 1.89. The first-order chi connectivity index (χ1) is 12.1. The number of hydrogen-bond donors (Lipinski definition) is 0. The van der Waals surface area contributed by atoms with Crippen molar-refractivity contribution in [2.45, 2.75) is 25.4 Å². The summed E-state index contributed by atoms with van der Waals surface area (Å²) in [6.45, 7) is 3.06. The van der Waals surface area contributed by atoms with Crippen LogP contribution in [0.25, 0.3) is 0 Å². The van der Waals surface area contributed by atoms with E-state index in [-0.39, 0.29) is 0 Å². The van der Waals surface area contributed by atoms with Crippen LogP contribution in [-0.4, -0.2) is 46.8 Å². The standard InChI is InChI=1S/C20H27N5/c1-23(13-17-7-4-6-16(10-17)11-21)14-18-8-5-9-24(2)20(18)19-12-22-25(3)15-19/h4,6-7,10,12,15,18,20H,5,8-9,13-14H2,1-3H3/t18-,20+/m0/s1. The monoisotopic (exact) mass is 337 g/mol. The van der Waals surface area contributed by atoms with E-state index in [1.165, 1.54) is 24.0 Å². The Morgan fingerprint density at radius 3 is 2.92 bits per heavy atom. The first-order valence-corrected chi connectivity index (χ1v) is 8.93. The molecule has 132 valence electrons. The third kappa shape index (κ3) is 4.28. The average Bonchev–Trinajstić information content (AvgIpc) is 3.01. The predicted molar refractivity (Wildman–Crippen MR) is 98.8 cm³/mol. The van der Waals surface area contributed by atoms with E-state index in [0.29, 0.717) is 12.0 Å². The van der Waals surface area contributed by atoms with Crippen LogP contribution in [0, 0.1) is 17.2 Å². The van der Waals surface area contributed by atoms with Crippen LogP contribution in [0.15, 0.2) is 36.7 Å². The summed E-state index contributed by atoms with van der Waals surface area (Å²) in [6.07, 6.45) is 6.65. The average molecular weight is 337 g/mol. The van der Waals surface area contributed by atoms with Gasteiger partial charge in [0.15, 0.2) is 0 Å². The van der Waals surface area contributed by atoms with Gasteiger partial charge in [-0.2, -0.15) is 10.4 Å². The van der Waals surface area contributed by atoms with Crippen LogP contribution < -0.4 is 0 Å². The molecule has 0 spiro atoms. The van der Waals surface area contributed by atoms with Crippen molar-refractivity contribution < 1.29 is 0 Å². The number of rotatable bonds is 5. The number of likely N-dealkylation sites (tertiary alicyclic amines) is 1. The van der Waals surface area contributed by atoms with Crippen LogP contribution in [0.3, 0.4) is 0 Å². The summed E-state index contributed by atoms with van der Waals surface area (Å²) in [6, 6.07) is 10.6. The predicted octanol–water partition coefficient (Wildman–Crippen LogP) is 2.81. The largest absolute Gasteiger partial charge is 0.302 e. The second kappa shape index (κ2) is 7.81. The fourth-order valence-corrected chi connectivity index (χ4v) is 4.09. The number of hydrogen-bond acceptors (Lipinski definition) is 4. The molecule has 0 saturated carbocycles. The normalized spacial score (nSPS) is 21.4. The fraction of sp³-hybridized carbons (Fsp3) is 0.500. The summed E-state index contributed by atoms with van der Waals surface area (Å²) in [5.41, 5.74) is 3.25. The van der Waals surface area contributed by atoms with Crippen molar-refractivity contribution in [3.05, 3.63) is 53.3 Å². The number of aromatic nitrogens is 2. The maximum Gasteiger partial charge on any atom is 0.0991 e. The van der Waals surface area contributed by atoms with Gasteiger partial charge < -0.3 is 4.90 Å². The highest BCUT2D eigenvalue weighted by Crippen LogP contribution is 2.35. The molecular formula is C20H27N5. The lowest BCUT2D eigenvalue weighted by Crippen LogP contribution is -2.40. The van der Waals surface area contributed by atoms with Gasteiger partial charge in [0.1, 0.15) is 0 Å². The van der Waals surface area contributed by atoms with Gasteiger partial charge in [0.05, 0.1) is 17.8 Å². The van der Waals surface area contributed by atoms with E-state index in [4.69, 9.17) is 5.26 Å². The molecule has 1 aliphatic rings. The SMILES string of the molecule is CN(Cc1cccc(C#N)c1)C[C@@H]1CCCN(C)[C@H]1c1cnn(C)c1. The van der Waals surface area contributed by atoms with Gasteiger partial charge in [0.2, 0.25) is 0 Å². The zero-order valence-electron chi connectivity index (χ0n) is 15.4. The van der Waals surface area contributed by atoms with E-state index in [0.717, 1.165) is 25.2 Å². The van der Waals surface area contributed by atoms with Crippen LogP contribution in [0.4, 0.5) is 0 Å². The lowest BCUT2D eigenvalue weighted by atomic mass is 9.85. The summed E-state index contributed by atoms with van der Waals surface area (Å²) in [7, 11) is 6.38. The smallest absolute Gasteiger partial charge is 0.0991 e. The van der Waals surface area contributed by atoms with Gasteiger partial charge in [-0.1, -0.05) is 12.1 Å². The Morgan fingerprint density at radius 2 is 2.20 bits per heavy atom. The van der Waals surface area contributed by atoms with Crippen molar-refractivity contribution in [3.8, 4) is 6.07 Å². The molecule has 1 fully saturated rings. The molecule has 1 saturated heterocycles. The molecule has 0 aliphatic carbocycles. The van der Waals surface area contributed by atoms with Crippen molar-refractivity contribution in [2.24, 2.45) is 13.0 Å². The Hall–Kier alpha value is -2.16. The Balaban J connectivity index is 1.69. The van der Waals surface area contributed by atoms with Gasteiger partial charge in [-0.25, -0.2) is 0 Å². The molecular weight excluding hydrogens is 310 g/mol. The molecule has 0 unspecified atom stereocenters. The van der Waals surface area contributed by atoms with Gasteiger partial charge in [0, 0.05) is 37.9 Å². The van der Waals surface area contributed by atoms with Crippen molar-refractivity contribution in [1.82, 2.24) is 19.6 Å². The van der Waals surface area contributed by atoms with E-state index in [2.05, 4.69) is 47.3 Å². The molecule has 5 heteroatoms. The van der Waals surface area contributed by atoms with Crippen LogP contribution in [0.2, 0.25) is 0 Å². The number of nitriles is 1. The third-order valence-corrected chi connectivity index (χ3v) is 5.13. The Kier molecular flexibility index (Phi) is 5.52. The van der Waals surface area contributed by atoms with Gasteiger partial charge >= 0.3 is 0 Å². The zero-order valence-corrected chi connectivity index (χ0v) is 15.4. The fourth-order valence-electron chi connectivity index (χ4n) is 4.09. The van der Waals surface area contributed by atoms with Crippen LogP contribution in [0.1, 0.15) is 35.6 Å². The minimum atomic E-state index is 0.426. The van der Waals surface area contributed by atoms with E-state index in [1.54, 1.807) is 0 Å². The molecule has 2 heterocycles. The minimum Gasteiger partial charge on any atom is -0.302 e. The molecule has 3 rings (SSSR count). The zero-order chi connectivity index (χ0) is 17.8. The topological polar surface area (TPSA) is 48.1 Å². The lowest BCUT2D eigenvalue weighted by Gasteiger charge is -2.40. The lowest BCUT2D eigenvalue weighted by molar-refractivity contribution is 0.0926. The molecule has 2 atom stereocenters. The first-order valence-electron chi connectivity index (χ1n) is 8.93. The molecule has 5 nitrogen and oxygen atoms in total. The van der Waals surface area contributed by atoms with Crippen LogP contribution >= 0.6 is 0 Å². The quantitative estimate of drug-likeness (QED) is 0.842. The molecule has 0 bridgehead atoms. The highest BCUT2D eigenvalue weighted by molar-refractivity contribution is 5.32. The Bertz CT molecular complexity index is 745. The van der Waals surface area contributed by atoms with Gasteiger partial charge in [0.25, 0.3) is 0 Å². The van der Waals surface area contributed by atoms with Crippen LogP contribution in [-0.2, 0) is 13.6 Å². The van der Waals surface area contributed by atoms with Crippen LogP contribution in [0.5, 0.6) is 0 Å². The maximum atomic E-state index is 9.07. The molecule has 1 aliphatic heterocycles. The molecule has 2 aromatic rings. The minimum absolute atomic E-state index is 0.426. The molecule has 0 radical (unpaired) electrons. The van der Waals surface area contributed by atoms with E-state index < -0.39 is 0 Å². The van der Waals surface area contributed by atoms with E-state index in [1.807, 2.05) is 36.1 Å². The maximum absolute atomic E-state index is 9.07. The van der Waals surface area contributed by atoms with Gasteiger partial charge in [-0.15, -0.1) is 0 Å².